The molecule has 1 N–H and O–H groups in total. The Morgan fingerprint density at radius 1 is 1.50 bits per heavy atom. The van der Waals surface area contributed by atoms with Crippen LogP contribution >= 0.6 is 11.3 Å². The number of hydrogen-bond acceptors (Lipinski definition) is 4. The van der Waals surface area contributed by atoms with Crippen LogP contribution in [-0.2, 0) is 6.54 Å². The maximum absolute atomic E-state index is 11.7. The maximum Gasteiger partial charge on any atom is 0.270 e. The molecule has 0 radical (unpaired) electrons. The molecular formula is C13H14N2O2S. The summed E-state index contributed by atoms with van der Waals surface area (Å²) in [5.41, 5.74) is 0.272. The Morgan fingerprint density at radius 3 is 3.00 bits per heavy atom. The van der Waals surface area contributed by atoms with Crippen molar-refractivity contribution in [3.05, 3.63) is 33.9 Å². The molecule has 5 heteroatoms. The van der Waals surface area contributed by atoms with Crippen LogP contribution in [0.25, 0.3) is 10.6 Å². The molecule has 0 aromatic carbocycles. The van der Waals surface area contributed by atoms with Crippen LogP contribution in [0.4, 0.5) is 0 Å². The first-order chi connectivity index (χ1) is 8.74. The average Bonchev–Trinajstić information content (AvgIpc) is 3.01. The van der Waals surface area contributed by atoms with E-state index >= 15 is 0 Å². The fourth-order valence-electron chi connectivity index (χ4n) is 1.94. The maximum atomic E-state index is 11.7. The quantitative estimate of drug-likeness (QED) is 0.921. The Morgan fingerprint density at radius 2 is 2.33 bits per heavy atom. The van der Waals surface area contributed by atoms with Crippen molar-refractivity contribution >= 4 is 11.3 Å². The Hall–Kier alpha value is -1.62. The van der Waals surface area contributed by atoms with E-state index in [2.05, 4.69) is 5.10 Å². The smallest absolute Gasteiger partial charge is 0.270 e. The second-order valence-electron chi connectivity index (χ2n) is 4.65. The summed E-state index contributed by atoms with van der Waals surface area (Å²) in [5, 5.41) is 16.0. The van der Waals surface area contributed by atoms with E-state index in [9.17, 15) is 9.90 Å². The lowest BCUT2D eigenvalue weighted by Crippen LogP contribution is -2.22. The molecule has 2 heterocycles. The van der Waals surface area contributed by atoms with Crippen molar-refractivity contribution in [1.29, 1.82) is 0 Å². The van der Waals surface area contributed by atoms with Crippen LogP contribution in [0.3, 0.4) is 0 Å². The summed E-state index contributed by atoms with van der Waals surface area (Å²) >= 11 is 1.50. The summed E-state index contributed by atoms with van der Waals surface area (Å²) in [7, 11) is 0. The van der Waals surface area contributed by atoms with Crippen molar-refractivity contribution < 1.29 is 5.11 Å². The van der Waals surface area contributed by atoms with Gasteiger partial charge in [-0.05, 0) is 23.8 Å². The Balaban J connectivity index is 1.93. The van der Waals surface area contributed by atoms with E-state index in [0.717, 1.165) is 17.2 Å². The van der Waals surface area contributed by atoms with Crippen molar-refractivity contribution in [2.24, 2.45) is 5.92 Å². The first-order valence-corrected chi connectivity index (χ1v) is 6.97. The van der Waals surface area contributed by atoms with Gasteiger partial charge in [0, 0.05) is 12.6 Å². The highest BCUT2D eigenvalue weighted by atomic mass is 32.1. The standard InChI is InChI=1S/C13H14N2O2S/c16-10-8-12(17)15(6-5-9-3-4-9)14-13(10)11-2-1-7-18-11/h1-2,7-9,16H,3-6H2. The van der Waals surface area contributed by atoms with E-state index in [0.29, 0.717) is 12.2 Å². The molecule has 1 aliphatic carbocycles. The number of hydrogen-bond donors (Lipinski definition) is 1. The van der Waals surface area contributed by atoms with Crippen molar-refractivity contribution in [1.82, 2.24) is 9.78 Å². The molecule has 94 valence electrons. The molecule has 0 atom stereocenters. The van der Waals surface area contributed by atoms with Gasteiger partial charge >= 0.3 is 0 Å². The van der Waals surface area contributed by atoms with Crippen LogP contribution in [0, 0.1) is 5.92 Å². The molecule has 0 aliphatic heterocycles. The third-order valence-electron chi connectivity index (χ3n) is 3.18. The minimum absolute atomic E-state index is 0.0369. The Kier molecular flexibility index (Phi) is 2.91. The van der Waals surface area contributed by atoms with E-state index in [-0.39, 0.29) is 11.3 Å². The summed E-state index contributed by atoms with van der Waals surface area (Å²) in [5.74, 6) is 0.725. The third kappa shape index (κ3) is 2.31. The molecule has 2 aromatic rings. The Bertz CT molecular complexity index is 600. The molecule has 2 aromatic heterocycles. The topological polar surface area (TPSA) is 55.1 Å². The van der Waals surface area contributed by atoms with Gasteiger partial charge in [-0.1, -0.05) is 18.9 Å². The highest BCUT2D eigenvalue weighted by Gasteiger charge is 2.21. The van der Waals surface area contributed by atoms with Gasteiger partial charge in [-0.3, -0.25) is 4.79 Å². The molecule has 1 aliphatic rings. The van der Waals surface area contributed by atoms with Crippen molar-refractivity contribution in [3.63, 3.8) is 0 Å². The lowest BCUT2D eigenvalue weighted by atomic mass is 10.3. The largest absolute Gasteiger partial charge is 0.505 e. The van der Waals surface area contributed by atoms with E-state index in [4.69, 9.17) is 0 Å². The van der Waals surface area contributed by atoms with E-state index < -0.39 is 0 Å². The highest BCUT2D eigenvalue weighted by molar-refractivity contribution is 7.13. The van der Waals surface area contributed by atoms with E-state index in [1.807, 2.05) is 17.5 Å². The lowest BCUT2D eigenvalue weighted by Gasteiger charge is -2.07. The van der Waals surface area contributed by atoms with Gasteiger partial charge in [0.2, 0.25) is 0 Å². The van der Waals surface area contributed by atoms with Gasteiger partial charge in [0.15, 0.2) is 0 Å². The monoisotopic (exact) mass is 262 g/mol. The van der Waals surface area contributed by atoms with Crippen LogP contribution in [0.1, 0.15) is 19.3 Å². The van der Waals surface area contributed by atoms with Crippen LogP contribution in [0.15, 0.2) is 28.4 Å². The SMILES string of the molecule is O=c1cc(O)c(-c2cccs2)nn1CCC1CC1. The number of nitrogens with zero attached hydrogens (tertiary/aromatic N) is 2. The first-order valence-electron chi connectivity index (χ1n) is 6.09. The molecule has 18 heavy (non-hydrogen) atoms. The summed E-state index contributed by atoms with van der Waals surface area (Å²) < 4.78 is 1.47. The average molecular weight is 262 g/mol. The predicted molar refractivity (Wildman–Crippen MR) is 70.8 cm³/mol. The molecule has 0 bridgehead atoms. The van der Waals surface area contributed by atoms with Gasteiger partial charge in [0.1, 0.15) is 11.4 Å². The van der Waals surface area contributed by atoms with Gasteiger partial charge in [-0.15, -0.1) is 11.3 Å². The molecular weight excluding hydrogens is 248 g/mol. The Labute approximate surface area is 109 Å². The van der Waals surface area contributed by atoms with E-state index in [1.54, 1.807) is 0 Å². The van der Waals surface area contributed by atoms with E-state index in [1.165, 1.54) is 34.9 Å². The third-order valence-corrected chi connectivity index (χ3v) is 4.06. The minimum atomic E-state index is -0.228. The van der Waals surface area contributed by atoms with Gasteiger partial charge in [-0.25, -0.2) is 4.68 Å². The molecule has 0 saturated heterocycles. The molecule has 4 nitrogen and oxygen atoms in total. The fraction of sp³-hybridized carbons (Fsp3) is 0.385. The molecule has 0 amide bonds. The fourth-order valence-corrected chi connectivity index (χ4v) is 2.66. The lowest BCUT2D eigenvalue weighted by molar-refractivity contribution is 0.457. The zero-order valence-corrected chi connectivity index (χ0v) is 10.7. The normalized spacial score (nSPS) is 14.9. The molecule has 0 unspecified atom stereocenters. The van der Waals surface area contributed by atoms with Crippen molar-refractivity contribution in [3.8, 4) is 16.3 Å². The van der Waals surface area contributed by atoms with Gasteiger partial charge in [0.25, 0.3) is 5.56 Å². The summed E-state index contributed by atoms with van der Waals surface area (Å²) in [6.07, 6.45) is 3.54. The van der Waals surface area contributed by atoms with Crippen LogP contribution in [0.5, 0.6) is 5.75 Å². The summed E-state index contributed by atoms with van der Waals surface area (Å²) in [6, 6.07) is 5.05. The molecule has 1 fully saturated rings. The second-order valence-corrected chi connectivity index (χ2v) is 5.60. The molecule has 1 saturated carbocycles. The number of aromatic nitrogens is 2. The minimum Gasteiger partial charge on any atom is -0.505 e. The van der Waals surface area contributed by atoms with Crippen LogP contribution in [0.2, 0.25) is 0 Å². The number of thiophene rings is 1. The summed E-state index contributed by atoms with van der Waals surface area (Å²) in [4.78, 5) is 12.6. The zero-order valence-electron chi connectivity index (χ0n) is 9.87. The highest BCUT2D eigenvalue weighted by Crippen LogP contribution is 2.33. The van der Waals surface area contributed by atoms with Crippen LogP contribution in [-0.4, -0.2) is 14.9 Å². The number of rotatable bonds is 4. The van der Waals surface area contributed by atoms with Gasteiger partial charge < -0.3 is 5.11 Å². The second kappa shape index (κ2) is 4.57. The molecule has 0 spiro atoms. The number of aromatic hydroxyl groups is 1. The van der Waals surface area contributed by atoms with Crippen LogP contribution < -0.4 is 5.56 Å². The molecule has 3 rings (SSSR count). The zero-order chi connectivity index (χ0) is 12.5. The first kappa shape index (κ1) is 11.5. The predicted octanol–water partition coefficient (Wildman–Crippen LogP) is 2.48. The number of aryl methyl sites for hydroxylation is 1. The van der Waals surface area contributed by atoms with Gasteiger partial charge in [-0.2, -0.15) is 5.10 Å². The van der Waals surface area contributed by atoms with Crippen molar-refractivity contribution in [2.75, 3.05) is 0 Å². The van der Waals surface area contributed by atoms with Crippen molar-refractivity contribution in [2.45, 2.75) is 25.8 Å². The summed E-state index contributed by atoms with van der Waals surface area (Å²) in [6.45, 7) is 0.641. The van der Waals surface area contributed by atoms with Gasteiger partial charge in [0.05, 0.1) is 4.88 Å².